The van der Waals surface area contributed by atoms with Crippen LogP contribution < -0.4 is 16.0 Å². The molecule has 1 aliphatic heterocycles. The van der Waals surface area contributed by atoms with E-state index in [1.165, 1.54) is 0 Å². The first-order valence-corrected chi connectivity index (χ1v) is 10.9. The van der Waals surface area contributed by atoms with E-state index < -0.39 is 17.5 Å². The largest absolute Gasteiger partial charge is 0.322 e. The Hall–Kier alpha value is -4.52. The fraction of sp³-hybridized carbons (Fsp3) is 0.111. The molecular weight excluding hydrogens is 428 g/mol. The molecule has 1 atom stereocenters. The number of imide groups is 1. The number of anilines is 1. The van der Waals surface area contributed by atoms with Crippen LogP contribution in [0.4, 0.5) is 10.5 Å². The van der Waals surface area contributed by atoms with Crippen molar-refractivity contribution in [2.24, 2.45) is 0 Å². The van der Waals surface area contributed by atoms with Crippen molar-refractivity contribution in [2.45, 2.75) is 19.4 Å². The third kappa shape index (κ3) is 3.77. The van der Waals surface area contributed by atoms with Gasteiger partial charge in [-0.3, -0.25) is 14.9 Å². The van der Waals surface area contributed by atoms with Gasteiger partial charge in [0.25, 0.3) is 11.8 Å². The standard InChI is InChI=1S/C27H22N4O3/c1-16-10-12-17(13-11-16)23-15-21(20-8-3-4-9-22(20)29-23)24(32)28-19-7-5-6-18(14-19)27(2)25(33)30-26(34)31-27/h3-15H,1-2H3,(H,28,32)(H2,30,31,33,34). The molecule has 1 aromatic heterocycles. The molecule has 0 spiro atoms. The van der Waals surface area contributed by atoms with Crippen LogP contribution >= 0.6 is 0 Å². The number of hydrogen-bond donors (Lipinski definition) is 3. The molecule has 2 heterocycles. The molecule has 0 aliphatic carbocycles. The van der Waals surface area contributed by atoms with Crippen LogP contribution in [0.15, 0.2) is 78.9 Å². The molecule has 0 radical (unpaired) electrons. The molecule has 1 fully saturated rings. The SMILES string of the molecule is Cc1ccc(-c2cc(C(=O)Nc3cccc(C4(C)NC(=O)NC4=O)c3)c3ccccc3n2)cc1. The van der Waals surface area contributed by atoms with Crippen molar-refractivity contribution >= 4 is 34.4 Å². The third-order valence-corrected chi connectivity index (χ3v) is 6.05. The average Bonchev–Trinajstić information content (AvgIpc) is 3.11. The minimum Gasteiger partial charge on any atom is -0.322 e. The maximum Gasteiger partial charge on any atom is 0.322 e. The Morgan fingerprint density at radius 3 is 2.44 bits per heavy atom. The number of hydrogen-bond acceptors (Lipinski definition) is 4. The highest BCUT2D eigenvalue weighted by Gasteiger charge is 2.43. The molecule has 0 saturated carbocycles. The number of aryl methyl sites for hydroxylation is 1. The minimum absolute atomic E-state index is 0.297. The van der Waals surface area contributed by atoms with Crippen LogP contribution in [0.25, 0.3) is 22.2 Å². The Morgan fingerprint density at radius 1 is 0.941 bits per heavy atom. The van der Waals surface area contributed by atoms with Crippen LogP contribution in [0.2, 0.25) is 0 Å². The smallest absolute Gasteiger partial charge is 0.322 e. The van der Waals surface area contributed by atoms with Crippen molar-refractivity contribution in [3.8, 4) is 11.3 Å². The molecule has 1 aliphatic rings. The Balaban J connectivity index is 1.51. The fourth-order valence-electron chi connectivity index (χ4n) is 4.09. The van der Waals surface area contributed by atoms with Gasteiger partial charge in [0.15, 0.2) is 0 Å². The van der Waals surface area contributed by atoms with Gasteiger partial charge in [-0.25, -0.2) is 9.78 Å². The number of amides is 4. The van der Waals surface area contributed by atoms with E-state index in [2.05, 4.69) is 16.0 Å². The first kappa shape index (κ1) is 21.3. The highest BCUT2D eigenvalue weighted by molar-refractivity contribution is 6.13. The molecule has 5 rings (SSSR count). The van der Waals surface area contributed by atoms with Gasteiger partial charge in [-0.2, -0.15) is 0 Å². The monoisotopic (exact) mass is 450 g/mol. The maximum absolute atomic E-state index is 13.4. The lowest BCUT2D eigenvalue weighted by Gasteiger charge is -2.21. The first-order valence-electron chi connectivity index (χ1n) is 10.9. The lowest BCUT2D eigenvalue weighted by Crippen LogP contribution is -2.40. The molecule has 34 heavy (non-hydrogen) atoms. The summed E-state index contributed by atoms with van der Waals surface area (Å²) in [5.74, 6) is -0.738. The number of urea groups is 1. The molecule has 3 N–H and O–H groups in total. The third-order valence-electron chi connectivity index (χ3n) is 6.05. The Bertz CT molecular complexity index is 1460. The number of nitrogens with one attached hydrogen (secondary N) is 3. The molecule has 1 saturated heterocycles. The van der Waals surface area contributed by atoms with Crippen molar-refractivity contribution in [1.82, 2.24) is 15.6 Å². The van der Waals surface area contributed by atoms with Gasteiger partial charge in [-0.15, -0.1) is 0 Å². The van der Waals surface area contributed by atoms with Crippen LogP contribution in [0.3, 0.4) is 0 Å². The zero-order valence-electron chi connectivity index (χ0n) is 18.7. The molecule has 1 unspecified atom stereocenters. The Kier molecular flexibility index (Phi) is 5.09. The van der Waals surface area contributed by atoms with Gasteiger partial charge >= 0.3 is 6.03 Å². The number of nitrogens with zero attached hydrogens (tertiary/aromatic N) is 1. The van der Waals surface area contributed by atoms with E-state index in [0.29, 0.717) is 22.5 Å². The van der Waals surface area contributed by atoms with Crippen LogP contribution in [0.5, 0.6) is 0 Å². The summed E-state index contributed by atoms with van der Waals surface area (Å²) in [6.07, 6.45) is 0. The molecular formula is C27H22N4O3. The highest BCUT2D eigenvalue weighted by Crippen LogP contribution is 2.28. The van der Waals surface area contributed by atoms with Crippen LogP contribution in [-0.2, 0) is 10.3 Å². The van der Waals surface area contributed by atoms with E-state index in [0.717, 1.165) is 22.0 Å². The Morgan fingerprint density at radius 2 is 1.71 bits per heavy atom. The van der Waals surface area contributed by atoms with E-state index in [4.69, 9.17) is 4.98 Å². The summed E-state index contributed by atoms with van der Waals surface area (Å²) in [6, 6.07) is 23.6. The quantitative estimate of drug-likeness (QED) is 0.398. The summed E-state index contributed by atoms with van der Waals surface area (Å²) >= 11 is 0. The van der Waals surface area contributed by atoms with Crippen LogP contribution in [0.1, 0.15) is 28.4 Å². The number of fused-ring (bicyclic) bond motifs is 1. The van der Waals surface area contributed by atoms with Crippen molar-refractivity contribution in [2.75, 3.05) is 5.32 Å². The number of benzene rings is 3. The molecule has 4 aromatic rings. The average molecular weight is 450 g/mol. The zero-order valence-corrected chi connectivity index (χ0v) is 18.7. The van der Waals surface area contributed by atoms with Crippen molar-refractivity contribution < 1.29 is 14.4 Å². The van der Waals surface area contributed by atoms with E-state index >= 15 is 0 Å². The topological polar surface area (TPSA) is 100 Å². The molecule has 0 bridgehead atoms. The lowest BCUT2D eigenvalue weighted by molar-refractivity contribution is -0.123. The highest BCUT2D eigenvalue weighted by atomic mass is 16.2. The maximum atomic E-state index is 13.4. The number of carbonyl (C=O) groups excluding carboxylic acids is 3. The number of carbonyl (C=O) groups is 3. The van der Waals surface area contributed by atoms with Gasteiger partial charge < -0.3 is 10.6 Å². The van der Waals surface area contributed by atoms with Gasteiger partial charge in [0, 0.05) is 16.6 Å². The van der Waals surface area contributed by atoms with Crippen molar-refractivity contribution in [3.05, 3.63) is 95.6 Å². The summed E-state index contributed by atoms with van der Waals surface area (Å²) in [5.41, 5.74) is 3.84. The molecule has 4 amide bonds. The number of pyridine rings is 1. The Labute approximate surface area is 196 Å². The van der Waals surface area contributed by atoms with E-state index in [-0.39, 0.29) is 5.91 Å². The van der Waals surface area contributed by atoms with Crippen molar-refractivity contribution in [1.29, 1.82) is 0 Å². The summed E-state index contributed by atoms with van der Waals surface area (Å²) in [5, 5.41) is 8.57. The summed E-state index contributed by atoms with van der Waals surface area (Å²) in [7, 11) is 0. The summed E-state index contributed by atoms with van der Waals surface area (Å²) in [6.45, 7) is 3.64. The van der Waals surface area contributed by atoms with Gasteiger partial charge in [-0.1, -0.05) is 60.2 Å². The normalized spacial score (nSPS) is 17.4. The molecule has 3 aromatic carbocycles. The van der Waals surface area contributed by atoms with E-state index in [1.807, 2.05) is 55.5 Å². The summed E-state index contributed by atoms with van der Waals surface area (Å²) in [4.78, 5) is 42.1. The van der Waals surface area contributed by atoms with Crippen LogP contribution in [-0.4, -0.2) is 22.8 Å². The predicted octanol–water partition coefficient (Wildman–Crippen LogP) is 4.52. The molecule has 168 valence electrons. The predicted molar refractivity (Wildman–Crippen MR) is 130 cm³/mol. The van der Waals surface area contributed by atoms with Crippen LogP contribution in [0, 0.1) is 6.92 Å². The zero-order chi connectivity index (χ0) is 23.9. The summed E-state index contributed by atoms with van der Waals surface area (Å²) < 4.78 is 0. The van der Waals surface area contributed by atoms with Gasteiger partial charge in [0.05, 0.1) is 16.8 Å². The second-order valence-electron chi connectivity index (χ2n) is 8.51. The van der Waals surface area contributed by atoms with E-state index in [1.54, 1.807) is 37.3 Å². The fourth-order valence-corrected chi connectivity index (χ4v) is 4.09. The lowest BCUT2D eigenvalue weighted by atomic mass is 9.92. The second-order valence-corrected chi connectivity index (χ2v) is 8.51. The second kappa shape index (κ2) is 8.12. The number of para-hydroxylation sites is 1. The molecule has 7 nitrogen and oxygen atoms in total. The minimum atomic E-state index is -1.21. The molecule has 7 heteroatoms. The number of rotatable bonds is 4. The first-order chi connectivity index (χ1) is 16.3. The van der Waals surface area contributed by atoms with Gasteiger partial charge in [0.1, 0.15) is 5.54 Å². The van der Waals surface area contributed by atoms with E-state index in [9.17, 15) is 14.4 Å². The van der Waals surface area contributed by atoms with Gasteiger partial charge in [-0.05, 0) is 43.7 Å². The van der Waals surface area contributed by atoms with Gasteiger partial charge in [0.2, 0.25) is 0 Å². The number of aromatic nitrogens is 1. The van der Waals surface area contributed by atoms with Crippen molar-refractivity contribution in [3.63, 3.8) is 0 Å².